The summed E-state index contributed by atoms with van der Waals surface area (Å²) in [5.41, 5.74) is 10.2. The van der Waals surface area contributed by atoms with Gasteiger partial charge in [0.2, 0.25) is 5.91 Å². The molecule has 15 heavy (non-hydrogen) atoms. The number of rotatable bonds is 6. The predicted molar refractivity (Wildman–Crippen MR) is 62.4 cm³/mol. The van der Waals surface area contributed by atoms with Gasteiger partial charge in [0, 0.05) is 6.54 Å². The third-order valence-corrected chi connectivity index (χ3v) is 2.15. The number of nitrogens with one attached hydrogen (secondary N) is 1. The Morgan fingerprint density at radius 3 is 2.47 bits per heavy atom. The molecule has 0 aliphatic carbocycles. The molecule has 0 fully saturated rings. The van der Waals surface area contributed by atoms with Gasteiger partial charge in [-0.1, -0.05) is 13.3 Å². The van der Waals surface area contributed by atoms with Crippen LogP contribution in [0.25, 0.3) is 0 Å². The largest absolute Gasteiger partial charge is 0.370 e. The van der Waals surface area contributed by atoms with Crippen LogP contribution in [0.5, 0.6) is 0 Å². The van der Waals surface area contributed by atoms with Gasteiger partial charge < -0.3 is 16.8 Å². The van der Waals surface area contributed by atoms with Gasteiger partial charge in [0.25, 0.3) is 0 Å². The molecule has 0 aliphatic heterocycles. The Morgan fingerprint density at radius 1 is 1.40 bits per heavy atom. The van der Waals surface area contributed by atoms with Gasteiger partial charge in [-0.2, -0.15) is 0 Å². The van der Waals surface area contributed by atoms with Crippen LogP contribution in [0.3, 0.4) is 0 Å². The highest BCUT2D eigenvalue weighted by Gasteiger charge is 2.24. The van der Waals surface area contributed by atoms with E-state index >= 15 is 0 Å². The van der Waals surface area contributed by atoms with Crippen molar-refractivity contribution in [1.82, 2.24) is 5.32 Å². The summed E-state index contributed by atoms with van der Waals surface area (Å²) < 4.78 is 0. The predicted octanol–water partition coefficient (Wildman–Crippen LogP) is 0.202. The Morgan fingerprint density at radius 2 is 2.00 bits per heavy atom. The van der Waals surface area contributed by atoms with Gasteiger partial charge in [-0.25, -0.2) is 0 Å². The molecule has 5 heteroatoms. The molecule has 5 N–H and O–H groups in total. The number of primary amides is 1. The summed E-state index contributed by atoms with van der Waals surface area (Å²) in [4.78, 5) is 15.1. The van der Waals surface area contributed by atoms with Gasteiger partial charge in [-0.05, 0) is 20.3 Å². The van der Waals surface area contributed by atoms with E-state index < -0.39 is 5.41 Å². The summed E-state index contributed by atoms with van der Waals surface area (Å²) in [5, 5.41) is 2.97. The minimum Gasteiger partial charge on any atom is -0.370 e. The second-order valence-electron chi connectivity index (χ2n) is 4.23. The minimum atomic E-state index is -0.642. The first kappa shape index (κ1) is 13.7. The molecule has 0 aliphatic rings. The Hall–Kier alpha value is -1.26. The zero-order chi connectivity index (χ0) is 11.9. The minimum absolute atomic E-state index is 0.313. The Balaban J connectivity index is 3.99. The monoisotopic (exact) mass is 214 g/mol. The molecule has 0 heterocycles. The molecule has 0 spiro atoms. The van der Waals surface area contributed by atoms with Crippen LogP contribution in [0.2, 0.25) is 0 Å². The maximum absolute atomic E-state index is 11.0. The molecule has 0 aromatic heterocycles. The van der Waals surface area contributed by atoms with Gasteiger partial charge in [-0.15, -0.1) is 0 Å². The summed E-state index contributed by atoms with van der Waals surface area (Å²) in [6.45, 7) is 6.72. The van der Waals surface area contributed by atoms with Crippen molar-refractivity contribution in [3.63, 3.8) is 0 Å². The first-order valence-corrected chi connectivity index (χ1v) is 5.24. The summed E-state index contributed by atoms with van der Waals surface area (Å²) in [7, 11) is 0. The lowest BCUT2D eigenvalue weighted by Gasteiger charge is -2.17. The summed E-state index contributed by atoms with van der Waals surface area (Å²) >= 11 is 0. The molecule has 0 saturated carbocycles. The van der Waals surface area contributed by atoms with Crippen molar-refractivity contribution >= 4 is 11.9 Å². The molecular weight excluding hydrogens is 192 g/mol. The molecule has 0 radical (unpaired) electrons. The number of nitrogens with two attached hydrogens (primary N) is 2. The van der Waals surface area contributed by atoms with E-state index in [9.17, 15) is 4.79 Å². The average Bonchev–Trinajstić information content (AvgIpc) is 2.15. The molecule has 0 aromatic rings. The average molecular weight is 214 g/mol. The highest BCUT2D eigenvalue weighted by molar-refractivity contribution is 5.81. The second-order valence-corrected chi connectivity index (χ2v) is 4.23. The van der Waals surface area contributed by atoms with Crippen LogP contribution in [0.1, 0.15) is 33.6 Å². The molecule has 0 atom stereocenters. The zero-order valence-electron chi connectivity index (χ0n) is 9.84. The van der Waals surface area contributed by atoms with Crippen molar-refractivity contribution in [1.29, 1.82) is 0 Å². The van der Waals surface area contributed by atoms with E-state index in [1.165, 1.54) is 0 Å². The smallest absolute Gasteiger partial charge is 0.224 e. The van der Waals surface area contributed by atoms with Crippen LogP contribution in [0.15, 0.2) is 4.99 Å². The van der Waals surface area contributed by atoms with E-state index in [2.05, 4.69) is 17.2 Å². The quantitative estimate of drug-likeness (QED) is 0.335. The van der Waals surface area contributed by atoms with E-state index in [0.29, 0.717) is 12.5 Å². The molecule has 0 bridgehead atoms. The molecule has 0 unspecified atom stereocenters. The van der Waals surface area contributed by atoms with Gasteiger partial charge in [-0.3, -0.25) is 9.79 Å². The van der Waals surface area contributed by atoms with Gasteiger partial charge in [0.05, 0.1) is 12.0 Å². The Labute approximate surface area is 91.3 Å². The standard InChI is InChI=1S/C10H22N4O/c1-4-5-6-13-9(12)14-7-10(2,3)8(11)15/h4-7H2,1-3H3,(H2,11,15)(H3,12,13,14). The van der Waals surface area contributed by atoms with Crippen LogP contribution < -0.4 is 16.8 Å². The van der Waals surface area contributed by atoms with Crippen LogP contribution in [-0.2, 0) is 4.79 Å². The van der Waals surface area contributed by atoms with E-state index in [1.54, 1.807) is 13.8 Å². The molecule has 0 aromatic carbocycles. The van der Waals surface area contributed by atoms with Crippen molar-refractivity contribution in [2.75, 3.05) is 13.1 Å². The number of carbonyl (C=O) groups excluding carboxylic acids is 1. The molecule has 1 amide bonds. The maximum Gasteiger partial charge on any atom is 0.224 e. The number of aliphatic imine (C=N–C) groups is 1. The fourth-order valence-electron chi connectivity index (χ4n) is 0.810. The van der Waals surface area contributed by atoms with Crippen molar-refractivity contribution in [3.05, 3.63) is 0 Å². The lowest BCUT2D eigenvalue weighted by atomic mass is 9.93. The first-order valence-electron chi connectivity index (χ1n) is 5.24. The van der Waals surface area contributed by atoms with E-state index in [1.807, 2.05) is 0 Å². The fourth-order valence-corrected chi connectivity index (χ4v) is 0.810. The van der Waals surface area contributed by atoms with Crippen LogP contribution in [0, 0.1) is 5.41 Å². The number of hydrogen-bond donors (Lipinski definition) is 3. The van der Waals surface area contributed by atoms with Crippen LogP contribution >= 0.6 is 0 Å². The molecular formula is C10H22N4O. The Bertz CT molecular complexity index is 236. The highest BCUT2D eigenvalue weighted by atomic mass is 16.1. The van der Waals surface area contributed by atoms with Gasteiger partial charge in [0.1, 0.15) is 0 Å². The third kappa shape index (κ3) is 5.93. The summed E-state index contributed by atoms with van der Waals surface area (Å²) in [5.74, 6) is 0.00498. The number of unbranched alkanes of at least 4 members (excludes halogenated alkanes) is 1. The molecule has 5 nitrogen and oxygen atoms in total. The molecule has 0 rings (SSSR count). The van der Waals surface area contributed by atoms with Crippen LogP contribution in [0.4, 0.5) is 0 Å². The molecule has 0 saturated heterocycles. The number of nitrogens with zero attached hydrogens (tertiary/aromatic N) is 1. The summed E-state index contributed by atoms with van der Waals surface area (Å²) in [6.07, 6.45) is 2.16. The van der Waals surface area contributed by atoms with E-state index in [-0.39, 0.29) is 5.91 Å². The number of guanidine groups is 1. The van der Waals surface area contributed by atoms with Crippen molar-refractivity contribution in [3.8, 4) is 0 Å². The van der Waals surface area contributed by atoms with Gasteiger partial charge in [0.15, 0.2) is 5.96 Å². The number of hydrogen-bond acceptors (Lipinski definition) is 2. The summed E-state index contributed by atoms with van der Waals surface area (Å²) in [6, 6.07) is 0. The van der Waals surface area contributed by atoms with E-state index in [0.717, 1.165) is 19.4 Å². The lowest BCUT2D eigenvalue weighted by Crippen LogP contribution is -2.37. The lowest BCUT2D eigenvalue weighted by molar-refractivity contribution is -0.125. The topological polar surface area (TPSA) is 93.5 Å². The van der Waals surface area contributed by atoms with Crippen molar-refractivity contribution in [2.24, 2.45) is 21.9 Å². The maximum atomic E-state index is 11.0. The third-order valence-electron chi connectivity index (χ3n) is 2.15. The fraction of sp³-hybridized carbons (Fsp3) is 0.800. The number of carbonyl (C=O) groups is 1. The van der Waals surface area contributed by atoms with Gasteiger partial charge >= 0.3 is 0 Å². The normalized spacial score (nSPS) is 12.6. The second kappa shape index (κ2) is 6.27. The zero-order valence-corrected chi connectivity index (χ0v) is 9.84. The van der Waals surface area contributed by atoms with Crippen molar-refractivity contribution < 1.29 is 4.79 Å². The highest BCUT2D eigenvalue weighted by Crippen LogP contribution is 2.13. The molecule has 88 valence electrons. The van der Waals surface area contributed by atoms with Crippen molar-refractivity contribution in [2.45, 2.75) is 33.6 Å². The first-order chi connectivity index (χ1) is 6.90. The number of amides is 1. The SMILES string of the molecule is CCCCNC(N)=NCC(C)(C)C(N)=O. The van der Waals surface area contributed by atoms with Crippen LogP contribution in [-0.4, -0.2) is 25.0 Å². The Kier molecular flexibility index (Phi) is 5.74. The van der Waals surface area contributed by atoms with E-state index in [4.69, 9.17) is 11.5 Å².